The van der Waals surface area contributed by atoms with Crippen LogP contribution in [0.5, 0.6) is 5.75 Å². The van der Waals surface area contributed by atoms with Crippen molar-refractivity contribution >= 4 is 0 Å². The number of rotatable bonds is 4. The van der Waals surface area contributed by atoms with Gasteiger partial charge in [-0.1, -0.05) is 39.8 Å². The largest absolute Gasteiger partial charge is 0.337 e. The molecule has 1 rings (SSSR count). The number of benzene rings is 1. The van der Waals surface area contributed by atoms with E-state index in [0.717, 1.165) is 5.75 Å². The van der Waals surface area contributed by atoms with Gasteiger partial charge in [0.25, 0.3) is 0 Å². The molecule has 0 aliphatic rings. The molecule has 0 saturated carbocycles. The van der Waals surface area contributed by atoms with E-state index < -0.39 is 0 Å². The SMILES string of the molecule is CC(C)c1ccc(C(C)C)c(OOC(C)(C)C)c1. The van der Waals surface area contributed by atoms with E-state index in [-0.39, 0.29) is 5.60 Å². The average molecular weight is 250 g/mol. The normalized spacial score (nSPS) is 12.3. The van der Waals surface area contributed by atoms with E-state index >= 15 is 0 Å². The lowest BCUT2D eigenvalue weighted by molar-refractivity contribution is -0.275. The molecule has 0 heterocycles. The Morgan fingerprint density at radius 3 is 2.00 bits per heavy atom. The van der Waals surface area contributed by atoms with E-state index in [1.165, 1.54) is 11.1 Å². The van der Waals surface area contributed by atoms with Crippen molar-refractivity contribution in [2.24, 2.45) is 0 Å². The molecule has 0 amide bonds. The first-order valence-corrected chi connectivity index (χ1v) is 6.70. The van der Waals surface area contributed by atoms with Gasteiger partial charge in [0.1, 0.15) is 5.60 Å². The highest BCUT2D eigenvalue weighted by Crippen LogP contribution is 2.31. The maximum atomic E-state index is 5.55. The third kappa shape index (κ3) is 4.34. The average Bonchev–Trinajstić information content (AvgIpc) is 2.24. The van der Waals surface area contributed by atoms with E-state index in [9.17, 15) is 0 Å². The minimum Gasteiger partial charge on any atom is -0.337 e. The molecular weight excluding hydrogens is 224 g/mol. The first kappa shape index (κ1) is 15.0. The summed E-state index contributed by atoms with van der Waals surface area (Å²) < 4.78 is 0. The fraction of sp³-hybridized carbons (Fsp3) is 0.625. The smallest absolute Gasteiger partial charge is 0.169 e. The van der Waals surface area contributed by atoms with Gasteiger partial charge >= 0.3 is 0 Å². The first-order chi connectivity index (χ1) is 8.20. The Labute approximate surface area is 111 Å². The molecule has 0 saturated heterocycles. The Bertz CT molecular complexity index is 387. The van der Waals surface area contributed by atoms with Crippen molar-refractivity contribution in [3.05, 3.63) is 29.3 Å². The highest BCUT2D eigenvalue weighted by molar-refractivity contribution is 5.40. The van der Waals surface area contributed by atoms with Gasteiger partial charge in [0.2, 0.25) is 0 Å². The molecule has 0 spiro atoms. The molecule has 0 N–H and O–H groups in total. The van der Waals surface area contributed by atoms with Crippen LogP contribution >= 0.6 is 0 Å². The fourth-order valence-corrected chi connectivity index (χ4v) is 1.63. The van der Waals surface area contributed by atoms with Crippen molar-refractivity contribution in [2.45, 2.75) is 65.9 Å². The van der Waals surface area contributed by atoms with Crippen LogP contribution in [0.4, 0.5) is 0 Å². The summed E-state index contributed by atoms with van der Waals surface area (Å²) in [6, 6.07) is 6.40. The van der Waals surface area contributed by atoms with E-state index in [2.05, 4.69) is 45.9 Å². The van der Waals surface area contributed by atoms with E-state index in [1.807, 2.05) is 20.8 Å². The summed E-state index contributed by atoms with van der Waals surface area (Å²) in [6.07, 6.45) is 0. The van der Waals surface area contributed by atoms with E-state index in [1.54, 1.807) is 0 Å². The minimum absolute atomic E-state index is 0.303. The van der Waals surface area contributed by atoms with Gasteiger partial charge in [0.15, 0.2) is 5.75 Å². The number of hydrogen-bond donors (Lipinski definition) is 0. The summed E-state index contributed by atoms with van der Waals surface area (Å²) in [7, 11) is 0. The van der Waals surface area contributed by atoms with Gasteiger partial charge in [-0.05, 0) is 44.2 Å². The van der Waals surface area contributed by atoms with Crippen LogP contribution in [0.2, 0.25) is 0 Å². The van der Waals surface area contributed by atoms with Crippen molar-refractivity contribution in [3.8, 4) is 5.75 Å². The molecule has 0 radical (unpaired) electrons. The lowest BCUT2D eigenvalue weighted by Crippen LogP contribution is -2.21. The molecule has 0 aliphatic carbocycles. The van der Waals surface area contributed by atoms with Crippen molar-refractivity contribution in [2.75, 3.05) is 0 Å². The number of hydrogen-bond acceptors (Lipinski definition) is 2. The predicted octanol–water partition coefficient (Wildman–Crippen LogP) is 5.04. The van der Waals surface area contributed by atoms with Crippen molar-refractivity contribution in [3.63, 3.8) is 0 Å². The zero-order valence-corrected chi connectivity index (χ0v) is 12.7. The van der Waals surface area contributed by atoms with Crippen LogP contribution in [0, 0.1) is 0 Å². The molecule has 0 fully saturated rings. The second kappa shape index (κ2) is 5.75. The van der Waals surface area contributed by atoms with Crippen LogP contribution in [-0.2, 0) is 4.89 Å². The fourth-order valence-electron chi connectivity index (χ4n) is 1.63. The molecule has 0 unspecified atom stereocenters. The monoisotopic (exact) mass is 250 g/mol. The third-order valence-corrected chi connectivity index (χ3v) is 2.71. The van der Waals surface area contributed by atoms with Gasteiger partial charge in [-0.15, -0.1) is 0 Å². The zero-order chi connectivity index (χ0) is 13.9. The predicted molar refractivity (Wildman–Crippen MR) is 76.1 cm³/mol. The van der Waals surface area contributed by atoms with Crippen LogP contribution < -0.4 is 4.89 Å². The first-order valence-electron chi connectivity index (χ1n) is 6.70. The molecule has 1 aromatic carbocycles. The molecule has 0 bridgehead atoms. The highest BCUT2D eigenvalue weighted by Gasteiger charge is 2.16. The van der Waals surface area contributed by atoms with Crippen LogP contribution in [-0.4, -0.2) is 5.60 Å². The van der Waals surface area contributed by atoms with Crippen LogP contribution in [0.15, 0.2) is 18.2 Å². The molecule has 18 heavy (non-hydrogen) atoms. The quantitative estimate of drug-likeness (QED) is 0.550. The Morgan fingerprint density at radius 2 is 1.56 bits per heavy atom. The standard InChI is InChI=1S/C16H26O2/c1-11(2)13-8-9-14(12(3)4)15(10-13)17-18-16(5,6)7/h8-12H,1-7H3. The molecule has 2 nitrogen and oxygen atoms in total. The Hall–Kier alpha value is -1.02. The second-order valence-electron chi connectivity index (χ2n) is 6.39. The molecule has 0 atom stereocenters. The Kier molecular flexibility index (Phi) is 4.80. The molecule has 102 valence electrons. The Morgan fingerprint density at radius 1 is 0.944 bits per heavy atom. The molecule has 0 aliphatic heterocycles. The van der Waals surface area contributed by atoms with Gasteiger partial charge < -0.3 is 4.89 Å². The van der Waals surface area contributed by atoms with Crippen LogP contribution in [0.1, 0.15) is 71.4 Å². The van der Waals surface area contributed by atoms with Crippen molar-refractivity contribution in [1.82, 2.24) is 0 Å². The topological polar surface area (TPSA) is 18.5 Å². The zero-order valence-electron chi connectivity index (χ0n) is 12.7. The van der Waals surface area contributed by atoms with Gasteiger partial charge in [-0.25, -0.2) is 0 Å². The molecule has 1 aromatic rings. The van der Waals surface area contributed by atoms with Gasteiger partial charge in [0.05, 0.1) is 0 Å². The van der Waals surface area contributed by atoms with Crippen LogP contribution in [0.25, 0.3) is 0 Å². The Balaban J connectivity index is 3.00. The van der Waals surface area contributed by atoms with Crippen LogP contribution in [0.3, 0.4) is 0 Å². The van der Waals surface area contributed by atoms with Crippen molar-refractivity contribution in [1.29, 1.82) is 0 Å². The van der Waals surface area contributed by atoms with E-state index in [4.69, 9.17) is 9.78 Å². The maximum absolute atomic E-state index is 5.55. The van der Waals surface area contributed by atoms with Gasteiger partial charge in [-0.2, -0.15) is 4.89 Å². The second-order valence-corrected chi connectivity index (χ2v) is 6.39. The summed E-state index contributed by atoms with van der Waals surface area (Å²) in [5.74, 6) is 1.75. The lowest BCUT2D eigenvalue weighted by Gasteiger charge is -2.21. The molecule has 0 aromatic heterocycles. The molecular formula is C16H26O2. The summed E-state index contributed by atoms with van der Waals surface area (Å²) in [6.45, 7) is 14.6. The van der Waals surface area contributed by atoms with E-state index in [0.29, 0.717) is 11.8 Å². The summed E-state index contributed by atoms with van der Waals surface area (Å²) >= 11 is 0. The summed E-state index contributed by atoms with van der Waals surface area (Å²) in [5.41, 5.74) is 2.15. The van der Waals surface area contributed by atoms with Gasteiger partial charge in [0, 0.05) is 5.56 Å². The highest BCUT2D eigenvalue weighted by atomic mass is 17.2. The van der Waals surface area contributed by atoms with Crippen molar-refractivity contribution < 1.29 is 9.78 Å². The lowest BCUT2D eigenvalue weighted by atomic mass is 9.96. The molecule has 2 heteroatoms. The minimum atomic E-state index is -0.303. The third-order valence-electron chi connectivity index (χ3n) is 2.71. The maximum Gasteiger partial charge on any atom is 0.169 e. The van der Waals surface area contributed by atoms with Gasteiger partial charge in [-0.3, -0.25) is 0 Å². The summed E-state index contributed by atoms with van der Waals surface area (Å²) in [4.78, 5) is 11.0. The summed E-state index contributed by atoms with van der Waals surface area (Å²) in [5, 5.41) is 0.